The highest BCUT2D eigenvalue weighted by Crippen LogP contribution is 2.39. The minimum absolute atomic E-state index is 0.0473. The van der Waals surface area contributed by atoms with Crippen molar-refractivity contribution in [2.24, 2.45) is 0 Å². The Morgan fingerprint density at radius 2 is 1.92 bits per heavy atom. The SMILES string of the molecule is CCc1ccccc1NC(=O)CCN1C(=S)N[C@H](c2ccccn2)[C@@H]1c1cccn1-c1cccc(Cl)c1. The maximum Gasteiger partial charge on any atom is 0.226 e. The summed E-state index contributed by atoms with van der Waals surface area (Å²) in [4.78, 5) is 19.7. The Balaban J connectivity index is 1.44. The molecule has 2 N–H and O–H groups in total. The normalized spacial score (nSPS) is 17.0. The zero-order chi connectivity index (χ0) is 25.8. The predicted octanol–water partition coefficient (Wildman–Crippen LogP) is 6.09. The van der Waals surface area contributed by atoms with E-state index in [0.29, 0.717) is 23.1 Å². The van der Waals surface area contributed by atoms with Gasteiger partial charge in [0.15, 0.2) is 5.11 Å². The lowest BCUT2D eigenvalue weighted by Gasteiger charge is -2.29. The van der Waals surface area contributed by atoms with E-state index in [9.17, 15) is 4.79 Å². The van der Waals surface area contributed by atoms with Gasteiger partial charge in [0, 0.05) is 47.5 Å². The van der Waals surface area contributed by atoms with Crippen molar-refractivity contribution in [1.29, 1.82) is 0 Å². The molecular weight excluding hydrogens is 502 g/mol. The Morgan fingerprint density at radius 3 is 2.70 bits per heavy atom. The van der Waals surface area contributed by atoms with E-state index in [1.807, 2.05) is 79.0 Å². The van der Waals surface area contributed by atoms with Crippen molar-refractivity contribution in [2.45, 2.75) is 31.8 Å². The minimum atomic E-state index is -0.176. The van der Waals surface area contributed by atoms with Crippen LogP contribution < -0.4 is 10.6 Å². The van der Waals surface area contributed by atoms with Crippen LogP contribution in [-0.2, 0) is 11.2 Å². The van der Waals surface area contributed by atoms with Crippen LogP contribution in [0.1, 0.15) is 42.4 Å². The van der Waals surface area contributed by atoms with Gasteiger partial charge in [-0.3, -0.25) is 9.78 Å². The number of hydrogen-bond donors (Lipinski definition) is 2. The molecule has 0 spiro atoms. The zero-order valence-corrected chi connectivity index (χ0v) is 22.0. The Bertz CT molecular complexity index is 1410. The number of aromatic nitrogens is 2. The Kier molecular flexibility index (Phi) is 7.53. The Morgan fingerprint density at radius 1 is 1.08 bits per heavy atom. The lowest BCUT2D eigenvalue weighted by atomic mass is 10.0. The van der Waals surface area contributed by atoms with Gasteiger partial charge in [0.25, 0.3) is 0 Å². The van der Waals surface area contributed by atoms with Crippen molar-refractivity contribution in [2.75, 3.05) is 11.9 Å². The maximum atomic E-state index is 13.0. The average molecular weight is 530 g/mol. The van der Waals surface area contributed by atoms with Crippen LogP contribution in [0.5, 0.6) is 0 Å². The second-order valence-electron chi connectivity index (χ2n) is 8.91. The topological polar surface area (TPSA) is 62.2 Å². The van der Waals surface area contributed by atoms with Crippen molar-refractivity contribution < 1.29 is 4.79 Å². The van der Waals surface area contributed by atoms with E-state index in [4.69, 9.17) is 23.8 Å². The number of nitrogens with zero attached hydrogens (tertiary/aromatic N) is 3. The van der Waals surface area contributed by atoms with Crippen LogP contribution in [0, 0.1) is 0 Å². The second kappa shape index (κ2) is 11.2. The van der Waals surface area contributed by atoms with Gasteiger partial charge in [0.2, 0.25) is 5.91 Å². The number of carbonyl (C=O) groups is 1. The highest BCUT2D eigenvalue weighted by atomic mass is 35.5. The molecule has 5 rings (SSSR count). The Hall–Kier alpha value is -3.68. The molecule has 0 bridgehead atoms. The number of para-hydroxylation sites is 1. The van der Waals surface area contributed by atoms with Gasteiger partial charge < -0.3 is 20.1 Å². The molecule has 0 aliphatic carbocycles. The standard InChI is InChI=1S/C29H28ClN5OS/c1-2-20-9-3-4-12-23(20)32-26(36)15-18-35-28(27(33-29(35)37)24-13-5-6-16-31-24)25-14-8-17-34(25)22-11-7-10-21(30)19-22/h3-14,16-17,19,27-28H,2,15,18H2,1H3,(H,32,36)(H,33,37)/t27-,28+/m1/s1. The van der Waals surface area contributed by atoms with Gasteiger partial charge >= 0.3 is 0 Å². The molecule has 1 amide bonds. The summed E-state index contributed by atoms with van der Waals surface area (Å²) in [6.45, 7) is 2.54. The molecule has 188 valence electrons. The van der Waals surface area contributed by atoms with Crippen LogP contribution >= 0.6 is 23.8 Å². The number of carbonyl (C=O) groups excluding carboxylic acids is 1. The predicted molar refractivity (Wildman–Crippen MR) is 152 cm³/mol. The van der Waals surface area contributed by atoms with Crippen LogP contribution in [0.15, 0.2) is 91.3 Å². The number of pyridine rings is 1. The molecule has 4 aromatic rings. The molecule has 1 saturated heterocycles. The van der Waals surface area contributed by atoms with Crippen molar-refractivity contribution in [3.05, 3.63) is 113 Å². The van der Waals surface area contributed by atoms with Gasteiger partial charge in [-0.05, 0) is 72.7 Å². The smallest absolute Gasteiger partial charge is 0.226 e. The summed E-state index contributed by atoms with van der Waals surface area (Å²) in [5.41, 5.74) is 4.84. The summed E-state index contributed by atoms with van der Waals surface area (Å²) < 4.78 is 2.12. The number of rotatable bonds is 8. The maximum absolute atomic E-state index is 13.0. The van der Waals surface area contributed by atoms with Crippen molar-refractivity contribution in [3.8, 4) is 5.69 Å². The number of aryl methyl sites for hydroxylation is 1. The molecule has 1 aliphatic heterocycles. The molecule has 1 fully saturated rings. The third kappa shape index (κ3) is 5.38. The van der Waals surface area contributed by atoms with E-state index in [1.54, 1.807) is 6.20 Å². The number of benzene rings is 2. The van der Waals surface area contributed by atoms with Crippen LogP contribution in [0.2, 0.25) is 5.02 Å². The summed E-state index contributed by atoms with van der Waals surface area (Å²) in [7, 11) is 0. The zero-order valence-electron chi connectivity index (χ0n) is 20.5. The molecule has 2 aromatic heterocycles. The first-order valence-corrected chi connectivity index (χ1v) is 13.1. The quantitative estimate of drug-likeness (QED) is 0.270. The first-order chi connectivity index (χ1) is 18.0. The molecule has 8 heteroatoms. The summed E-state index contributed by atoms with van der Waals surface area (Å²) >= 11 is 12.1. The van der Waals surface area contributed by atoms with Gasteiger partial charge in [0.1, 0.15) is 0 Å². The van der Waals surface area contributed by atoms with E-state index in [0.717, 1.165) is 34.7 Å². The van der Waals surface area contributed by atoms with E-state index in [1.165, 1.54) is 0 Å². The van der Waals surface area contributed by atoms with Crippen molar-refractivity contribution in [1.82, 2.24) is 19.8 Å². The molecule has 2 atom stereocenters. The second-order valence-corrected chi connectivity index (χ2v) is 9.73. The van der Waals surface area contributed by atoms with Gasteiger partial charge in [0.05, 0.1) is 17.8 Å². The largest absolute Gasteiger partial charge is 0.352 e. The third-order valence-corrected chi connectivity index (χ3v) is 7.21. The van der Waals surface area contributed by atoms with E-state index >= 15 is 0 Å². The summed E-state index contributed by atoms with van der Waals surface area (Å²) in [6.07, 6.45) is 4.95. The highest BCUT2D eigenvalue weighted by Gasteiger charge is 2.41. The number of hydrogen-bond acceptors (Lipinski definition) is 3. The fraction of sp³-hybridized carbons (Fsp3) is 0.207. The molecule has 6 nitrogen and oxygen atoms in total. The fourth-order valence-electron chi connectivity index (χ4n) is 4.85. The first-order valence-electron chi connectivity index (χ1n) is 12.3. The summed E-state index contributed by atoms with van der Waals surface area (Å²) in [5, 5.41) is 7.80. The van der Waals surface area contributed by atoms with Crippen LogP contribution in [-0.4, -0.2) is 32.0 Å². The fourth-order valence-corrected chi connectivity index (χ4v) is 5.37. The van der Waals surface area contributed by atoms with Gasteiger partial charge in [-0.1, -0.05) is 48.9 Å². The molecule has 37 heavy (non-hydrogen) atoms. The minimum Gasteiger partial charge on any atom is -0.352 e. The molecule has 0 saturated carbocycles. The van der Waals surface area contributed by atoms with Crippen LogP contribution in [0.3, 0.4) is 0 Å². The number of halogens is 1. The van der Waals surface area contributed by atoms with E-state index in [2.05, 4.69) is 38.1 Å². The van der Waals surface area contributed by atoms with Crippen molar-refractivity contribution in [3.63, 3.8) is 0 Å². The monoisotopic (exact) mass is 529 g/mol. The van der Waals surface area contributed by atoms with E-state index in [-0.39, 0.29) is 18.0 Å². The summed E-state index contributed by atoms with van der Waals surface area (Å²) in [5.74, 6) is -0.0473. The first kappa shape index (κ1) is 25.0. The molecule has 1 aliphatic rings. The lowest BCUT2D eigenvalue weighted by molar-refractivity contribution is -0.116. The number of amides is 1. The summed E-state index contributed by atoms with van der Waals surface area (Å²) in [6, 6.07) is 25.3. The van der Waals surface area contributed by atoms with Crippen LogP contribution in [0.25, 0.3) is 5.69 Å². The number of thiocarbonyl (C=S) groups is 1. The molecule has 2 aromatic carbocycles. The molecule has 0 radical (unpaired) electrons. The number of nitrogens with one attached hydrogen (secondary N) is 2. The molecule has 0 unspecified atom stereocenters. The number of anilines is 1. The van der Waals surface area contributed by atoms with Crippen molar-refractivity contribution >= 4 is 40.5 Å². The van der Waals surface area contributed by atoms with E-state index < -0.39 is 0 Å². The lowest BCUT2D eigenvalue weighted by Crippen LogP contribution is -2.33. The Labute approximate surface area is 227 Å². The third-order valence-electron chi connectivity index (χ3n) is 6.62. The van der Waals surface area contributed by atoms with Crippen LogP contribution in [0.4, 0.5) is 5.69 Å². The molecular formula is C29H28ClN5OS. The van der Waals surface area contributed by atoms with Gasteiger partial charge in [-0.15, -0.1) is 0 Å². The van der Waals surface area contributed by atoms with Gasteiger partial charge in [-0.25, -0.2) is 0 Å². The average Bonchev–Trinajstić information content (AvgIpc) is 3.52. The highest BCUT2D eigenvalue weighted by molar-refractivity contribution is 7.80. The van der Waals surface area contributed by atoms with Gasteiger partial charge in [-0.2, -0.15) is 0 Å². The molecule has 3 heterocycles.